The molecule has 1 fully saturated rings. The van der Waals surface area contributed by atoms with Gasteiger partial charge in [0.25, 0.3) is 5.56 Å². The fourth-order valence-corrected chi connectivity index (χ4v) is 6.97. The van der Waals surface area contributed by atoms with Gasteiger partial charge >= 0.3 is 25.2 Å². The highest BCUT2D eigenvalue weighted by molar-refractivity contribution is 9.10. The van der Waals surface area contributed by atoms with E-state index in [1.54, 1.807) is 58.0 Å². The maximum atomic E-state index is 14.1. The number of carbonyl (C=O) groups is 2. The Balaban J connectivity index is 1.94. The van der Waals surface area contributed by atoms with Crippen molar-refractivity contribution >= 4 is 47.1 Å². The summed E-state index contributed by atoms with van der Waals surface area (Å²) in [7, 11) is -4.11. The lowest BCUT2D eigenvalue weighted by atomic mass is 10.1. The number of para-hydroxylation sites is 1. The fourth-order valence-electron chi connectivity index (χ4n) is 4.04. The number of aromatic amines is 1. The third-order valence-electron chi connectivity index (χ3n) is 6.36. The Hall–Kier alpha value is -2.48. The Bertz CT molecular complexity index is 1430. The molecule has 3 N–H and O–H groups in total. The molecule has 13 nitrogen and oxygen atoms in total. The molecular formula is C27H36BrClN3O10P. The molecular weight excluding hydrogens is 673 g/mol. The van der Waals surface area contributed by atoms with Crippen LogP contribution in [0.15, 0.2) is 52.2 Å². The zero-order valence-electron chi connectivity index (χ0n) is 24.3. The maximum absolute atomic E-state index is 14.1. The van der Waals surface area contributed by atoms with Crippen LogP contribution in [0.4, 0.5) is 0 Å². The van der Waals surface area contributed by atoms with Gasteiger partial charge in [0.2, 0.25) is 0 Å². The first-order chi connectivity index (χ1) is 20.0. The number of alkyl halides is 2. The molecule has 0 bridgehead atoms. The van der Waals surface area contributed by atoms with Crippen LogP contribution in [-0.2, 0) is 32.9 Å². The molecule has 1 saturated heterocycles. The number of nitrogens with one attached hydrogen (secondary N) is 1. The van der Waals surface area contributed by atoms with Gasteiger partial charge in [-0.05, 0) is 31.9 Å². The molecule has 43 heavy (non-hydrogen) atoms. The smallest absolute Gasteiger partial charge is 0.380 e. The topological polar surface area (TPSA) is 178 Å². The molecule has 0 spiro atoms. The number of benzene rings is 1. The third kappa shape index (κ3) is 9.02. The van der Waals surface area contributed by atoms with Crippen molar-refractivity contribution in [3.8, 4) is 5.75 Å². The number of ether oxygens (including phenoxy) is 3. The van der Waals surface area contributed by atoms with Crippen LogP contribution in [0.3, 0.4) is 0 Å². The van der Waals surface area contributed by atoms with Gasteiger partial charge < -0.3 is 24.5 Å². The van der Waals surface area contributed by atoms with Crippen molar-refractivity contribution in [1.29, 1.82) is 0 Å². The van der Waals surface area contributed by atoms with E-state index in [1.807, 2.05) is 0 Å². The summed E-state index contributed by atoms with van der Waals surface area (Å²) in [5, 5.41) is 0. The monoisotopic (exact) mass is 707 g/mol. The van der Waals surface area contributed by atoms with Crippen LogP contribution in [0.1, 0.15) is 40.8 Å². The molecule has 1 aliphatic heterocycles. The standard InChI is InChI=1S/C27H36BrClN3O10P/c1-15(2)21(30)24(35)41-22-19(40-25(27(22,28)29)32-12-11-20(33)31-26(32)36)13-38-43(37,42-18-9-7-6-8-10-18)14-17(5)23(34)39-16(3)4/h6-12,15-17,19,21-22,25H,13-14,30H2,1-5H3,(H,31,33,36)/t17-,19-,21+,22-,25-,27+,43+/m1/s1. The van der Waals surface area contributed by atoms with Gasteiger partial charge in [0.1, 0.15) is 17.9 Å². The van der Waals surface area contributed by atoms with E-state index < -0.39 is 77.7 Å². The van der Waals surface area contributed by atoms with Gasteiger partial charge in [-0.1, -0.05) is 66.5 Å². The molecule has 238 valence electrons. The number of carbonyl (C=O) groups excluding carboxylic acids is 2. The number of hydrogen-bond donors (Lipinski definition) is 2. The van der Waals surface area contributed by atoms with Gasteiger partial charge in [-0.15, -0.1) is 0 Å². The van der Waals surface area contributed by atoms with Crippen molar-refractivity contribution in [2.45, 2.75) is 69.0 Å². The van der Waals surface area contributed by atoms with Crippen LogP contribution in [-0.4, -0.2) is 62.4 Å². The van der Waals surface area contributed by atoms with E-state index in [-0.39, 0.29) is 17.8 Å². The minimum absolute atomic E-state index is 0.221. The van der Waals surface area contributed by atoms with E-state index in [0.29, 0.717) is 0 Å². The number of halogens is 2. The molecule has 2 aromatic rings. The summed E-state index contributed by atoms with van der Waals surface area (Å²) in [4.78, 5) is 51.8. The van der Waals surface area contributed by atoms with E-state index in [2.05, 4.69) is 20.9 Å². The Morgan fingerprint density at radius 2 is 1.79 bits per heavy atom. The molecule has 1 aromatic carbocycles. The minimum atomic E-state index is -4.11. The van der Waals surface area contributed by atoms with Crippen LogP contribution in [0.5, 0.6) is 5.75 Å². The second-order valence-electron chi connectivity index (χ2n) is 10.7. The molecule has 0 aliphatic carbocycles. The molecule has 0 amide bonds. The lowest BCUT2D eigenvalue weighted by Gasteiger charge is -2.29. The van der Waals surface area contributed by atoms with Gasteiger partial charge in [0, 0.05) is 12.3 Å². The Kier molecular flexibility index (Phi) is 11.8. The molecule has 2 heterocycles. The number of esters is 2. The second kappa shape index (κ2) is 14.5. The van der Waals surface area contributed by atoms with E-state index in [1.165, 1.54) is 6.92 Å². The molecule has 0 unspecified atom stereocenters. The van der Waals surface area contributed by atoms with Crippen LogP contribution in [0.25, 0.3) is 0 Å². The zero-order chi connectivity index (χ0) is 32.1. The average molecular weight is 709 g/mol. The van der Waals surface area contributed by atoms with Crippen molar-refractivity contribution in [1.82, 2.24) is 9.55 Å². The Labute approximate surface area is 262 Å². The van der Waals surface area contributed by atoms with Gasteiger partial charge in [-0.2, -0.15) is 0 Å². The number of hydrogen-bond acceptors (Lipinski definition) is 11. The lowest BCUT2D eigenvalue weighted by Crippen LogP contribution is -2.47. The molecule has 0 saturated carbocycles. The largest absolute Gasteiger partial charge is 0.463 e. The number of rotatable bonds is 13. The molecule has 3 rings (SSSR count). The predicted octanol–water partition coefficient (Wildman–Crippen LogP) is 3.54. The molecule has 16 heteroatoms. The number of aromatic nitrogens is 2. The van der Waals surface area contributed by atoms with Crippen LogP contribution < -0.4 is 21.5 Å². The molecule has 1 aromatic heterocycles. The van der Waals surface area contributed by atoms with E-state index in [4.69, 9.17) is 40.6 Å². The number of nitrogens with two attached hydrogens (primary N) is 1. The van der Waals surface area contributed by atoms with Crippen molar-refractivity contribution in [3.63, 3.8) is 0 Å². The maximum Gasteiger partial charge on any atom is 0.380 e. The first kappa shape index (κ1) is 35.0. The highest BCUT2D eigenvalue weighted by atomic mass is 79.9. The number of H-pyrrole nitrogens is 1. The van der Waals surface area contributed by atoms with Crippen LogP contribution in [0.2, 0.25) is 0 Å². The molecule has 7 atom stereocenters. The minimum Gasteiger partial charge on any atom is -0.463 e. The van der Waals surface area contributed by atoms with Gasteiger partial charge in [0.05, 0.1) is 24.8 Å². The summed E-state index contributed by atoms with van der Waals surface area (Å²) in [5.74, 6) is -2.34. The quantitative estimate of drug-likeness (QED) is 0.177. The third-order valence-corrected chi connectivity index (χ3v) is 9.63. The van der Waals surface area contributed by atoms with Gasteiger partial charge in [-0.3, -0.25) is 28.5 Å². The van der Waals surface area contributed by atoms with E-state index >= 15 is 0 Å². The van der Waals surface area contributed by atoms with Gasteiger partial charge in [0.15, 0.2) is 16.1 Å². The van der Waals surface area contributed by atoms with E-state index in [0.717, 1.165) is 16.8 Å². The van der Waals surface area contributed by atoms with Crippen molar-refractivity contribution in [2.75, 3.05) is 12.8 Å². The Morgan fingerprint density at radius 1 is 1.14 bits per heavy atom. The highest BCUT2D eigenvalue weighted by Crippen LogP contribution is 2.53. The van der Waals surface area contributed by atoms with Crippen LogP contribution in [0, 0.1) is 11.8 Å². The summed E-state index contributed by atoms with van der Waals surface area (Å²) >= 11 is 10.2. The fraction of sp³-hybridized carbons (Fsp3) is 0.556. The molecule has 1 aliphatic rings. The molecule has 0 radical (unpaired) electrons. The number of nitrogens with zero attached hydrogens (tertiary/aromatic N) is 1. The normalized spacial score (nSPS) is 24.7. The summed E-state index contributed by atoms with van der Waals surface area (Å²) in [6, 6.07) is 8.28. The summed E-state index contributed by atoms with van der Waals surface area (Å²) in [6.07, 6.45) is -3.49. The Morgan fingerprint density at radius 3 is 2.37 bits per heavy atom. The highest BCUT2D eigenvalue weighted by Gasteiger charge is 2.59. The average Bonchev–Trinajstić information content (AvgIpc) is 3.16. The van der Waals surface area contributed by atoms with Crippen molar-refractivity contribution < 1.29 is 37.4 Å². The second-order valence-corrected chi connectivity index (χ2v) is 15.1. The summed E-state index contributed by atoms with van der Waals surface area (Å²) in [5.41, 5.74) is 4.50. The summed E-state index contributed by atoms with van der Waals surface area (Å²) < 4.78 is 41.9. The lowest BCUT2D eigenvalue weighted by molar-refractivity contribution is -0.156. The van der Waals surface area contributed by atoms with Crippen molar-refractivity contribution in [3.05, 3.63) is 63.4 Å². The summed E-state index contributed by atoms with van der Waals surface area (Å²) in [6.45, 7) is 7.84. The van der Waals surface area contributed by atoms with Crippen molar-refractivity contribution in [2.24, 2.45) is 17.6 Å². The first-order valence-corrected chi connectivity index (χ1v) is 16.4. The first-order valence-electron chi connectivity index (χ1n) is 13.5. The predicted molar refractivity (Wildman–Crippen MR) is 161 cm³/mol. The SMILES string of the molecule is CC(C)OC(=O)[C@H](C)C[P@](=O)(OC[C@H]1O[C@@H](n2ccc(=O)[nH]c2=O)[C@](Cl)(Br)[C@@H]1OC(=O)[C@@H](N)C(C)C)Oc1ccccc1. The van der Waals surface area contributed by atoms with E-state index in [9.17, 15) is 23.7 Å². The zero-order valence-corrected chi connectivity index (χ0v) is 27.5. The van der Waals surface area contributed by atoms with Gasteiger partial charge in [-0.25, -0.2) is 9.36 Å². The van der Waals surface area contributed by atoms with Crippen LogP contribution >= 0.6 is 35.1 Å².